The molecule has 0 bridgehead atoms. The smallest absolute Gasteiger partial charge is 0.119 e. The van der Waals surface area contributed by atoms with E-state index in [2.05, 4.69) is 13.8 Å². The molecular weight excluding hydrogens is 186 g/mol. The molecule has 0 heterocycles. The van der Waals surface area contributed by atoms with Crippen molar-refractivity contribution in [2.75, 3.05) is 13.2 Å². The molecule has 0 aromatic heterocycles. The highest BCUT2D eigenvalue weighted by Crippen LogP contribution is 2.13. The zero-order valence-corrected chi connectivity index (χ0v) is 9.44. The second-order valence-electron chi connectivity index (χ2n) is 3.91. The van der Waals surface area contributed by atoms with Crippen molar-refractivity contribution in [3.05, 3.63) is 35.9 Å². The maximum atomic E-state index is 5.58. The molecule has 0 atom stereocenters. The molecule has 1 aromatic carbocycles. The van der Waals surface area contributed by atoms with E-state index in [9.17, 15) is 0 Å². The summed E-state index contributed by atoms with van der Waals surface area (Å²) in [5.74, 6) is 1.48. The fraction of sp³-hybridized carbons (Fsp3) is 0.385. The van der Waals surface area contributed by atoms with Crippen LogP contribution in [0.25, 0.3) is 6.08 Å². The summed E-state index contributed by atoms with van der Waals surface area (Å²) >= 11 is 0. The van der Waals surface area contributed by atoms with Crippen molar-refractivity contribution < 1.29 is 4.74 Å². The summed E-state index contributed by atoms with van der Waals surface area (Å²) in [4.78, 5) is 0. The van der Waals surface area contributed by atoms with E-state index < -0.39 is 0 Å². The highest BCUT2D eigenvalue weighted by molar-refractivity contribution is 5.50. The molecule has 0 fully saturated rings. The molecule has 1 rings (SSSR count). The lowest BCUT2D eigenvalue weighted by Crippen LogP contribution is -2.04. The van der Waals surface area contributed by atoms with Gasteiger partial charge in [-0.2, -0.15) is 0 Å². The predicted molar refractivity (Wildman–Crippen MR) is 64.9 cm³/mol. The van der Waals surface area contributed by atoms with Crippen LogP contribution in [0.1, 0.15) is 19.4 Å². The van der Waals surface area contributed by atoms with E-state index in [1.54, 1.807) is 0 Å². The standard InChI is InChI=1S/C13H19NO/c1-11(2)10-15-13-7-5-12(6-8-13)4-3-9-14/h3-8,11H,9-10,14H2,1-2H3/b4-3+. The SMILES string of the molecule is CC(C)COc1ccc(/C=C/CN)cc1. The number of hydrogen-bond acceptors (Lipinski definition) is 2. The van der Waals surface area contributed by atoms with Gasteiger partial charge < -0.3 is 10.5 Å². The Morgan fingerprint density at radius 3 is 2.47 bits per heavy atom. The molecule has 2 heteroatoms. The molecule has 15 heavy (non-hydrogen) atoms. The fourth-order valence-corrected chi connectivity index (χ4v) is 1.14. The van der Waals surface area contributed by atoms with Crippen molar-refractivity contribution in [1.29, 1.82) is 0 Å². The normalized spacial score (nSPS) is 11.2. The minimum atomic E-state index is 0.557. The van der Waals surface area contributed by atoms with Gasteiger partial charge >= 0.3 is 0 Å². The highest BCUT2D eigenvalue weighted by Gasteiger charge is 1.96. The average molecular weight is 205 g/mol. The number of benzene rings is 1. The molecule has 0 aliphatic rings. The van der Waals surface area contributed by atoms with Crippen LogP contribution in [0.4, 0.5) is 0 Å². The summed E-state index contributed by atoms with van der Waals surface area (Å²) in [5.41, 5.74) is 6.53. The van der Waals surface area contributed by atoms with E-state index in [0.717, 1.165) is 17.9 Å². The summed E-state index contributed by atoms with van der Waals surface area (Å²) in [6.07, 6.45) is 3.94. The Bertz CT molecular complexity index is 301. The second-order valence-corrected chi connectivity index (χ2v) is 3.91. The zero-order chi connectivity index (χ0) is 11.1. The molecule has 1 aromatic rings. The van der Waals surface area contributed by atoms with Crippen molar-refractivity contribution in [1.82, 2.24) is 0 Å². The van der Waals surface area contributed by atoms with Gasteiger partial charge in [0.2, 0.25) is 0 Å². The first kappa shape index (κ1) is 11.8. The summed E-state index contributed by atoms with van der Waals surface area (Å²) in [5, 5.41) is 0. The third kappa shape index (κ3) is 4.66. The van der Waals surface area contributed by atoms with E-state index >= 15 is 0 Å². The lowest BCUT2D eigenvalue weighted by Gasteiger charge is -2.08. The monoisotopic (exact) mass is 205 g/mol. The molecule has 0 radical (unpaired) electrons. The number of ether oxygens (including phenoxy) is 1. The van der Waals surface area contributed by atoms with Crippen LogP contribution in [-0.4, -0.2) is 13.2 Å². The van der Waals surface area contributed by atoms with Gasteiger partial charge in [-0.3, -0.25) is 0 Å². The van der Waals surface area contributed by atoms with Crippen molar-refractivity contribution in [3.8, 4) is 5.75 Å². The van der Waals surface area contributed by atoms with Crippen molar-refractivity contribution >= 4 is 6.08 Å². The van der Waals surface area contributed by atoms with Gasteiger partial charge in [0.25, 0.3) is 0 Å². The minimum Gasteiger partial charge on any atom is -0.493 e. The van der Waals surface area contributed by atoms with Crippen molar-refractivity contribution in [2.24, 2.45) is 11.7 Å². The number of nitrogens with two attached hydrogens (primary N) is 1. The largest absolute Gasteiger partial charge is 0.493 e. The van der Waals surface area contributed by atoms with Crippen LogP contribution < -0.4 is 10.5 Å². The van der Waals surface area contributed by atoms with Crippen molar-refractivity contribution in [2.45, 2.75) is 13.8 Å². The molecule has 0 aliphatic carbocycles. The third-order valence-electron chi connectivity index (χ3n) is 1.91. The number of hydrogen-bond donors (Lipinski definition) is 1. The molecule has 0 aliphatic heterocycles. The second kappa shape index (κ2) is 6.25. The Balaban J connectivity index is 2.52. The van der Waals surface area contributed by atoms with Gasteiger partial charge in [0.1, 0.15) is 5.75 Å². The van der Waals surface area contributed by atoms with Crippen LogP contribution in [0, 0.1) is 5.92 Å². The molecule has 2 nitrogen and oxygen atoms in total. The predicted octanol–water partition coefficient (Wildman–Crippen LogP) is 2.69. The van der Waals surface area contributed by atoms with Gasteiger partial charge in [-0.1, -0.05) is 38.1 Å². The maximum Gasteiger partial charge on any atom is 0.119 e. The van der Waals surface area contributed by atoms with Gasteiger partial charge in [0.15, 0.2) is 0 Å². The Morgan fingerprint density at radius 2 is 1.93 bits per heavy atom. The Labute approximate surface area is 91.7 Å². The first-order valence-corrected chi connectivity index (χ1v) is 5.32. The molecule has 2 N–H and O–H groups in total. The van der Waals surface area contributed by atoms with Crippen molar-refractivity contribution in [3.63, 3.8) is 0 Å². The molecule has 82 valence electrons. The Hall–Kier alpha value is -1.28. The molecule has 0 saturated heterocycles. The molecular formula is C13H19NO. The van der Waals surface area contributed by atoms with E-state index in [-0.39, 0.29) is 0 Å². The first-order valence-electron chi connectivity index (χ1n) is 5.32. The Morgan fingerprint density at radius 1 is 1.27 bits per heavy atom. The van der Waals surface area contributed by atoms with Crippen LogP contribution in [0.2, 0.25) is 0 Å². The highest BCUT2D eigenvalue weighted by atomic mass is 16.5. The van der Waals surface area contributed by atoms with Crippen LogP contribution >= 0.6 is 0 Å². The first-order chi connectivity index (χ1) is 7.22. The lowest BCUT2D eigenvalue weighted by molar-refractivity contribution is 0.271. The summed E-state index contributed by atoms with van der Waals surface area (Å²) in [7, 11) is 0. The molecule has 0 unspecified atom stereocenters. The van der Waals surface area contributed by atoms with E-state index in [1.807, 2.05) is 36.4 Å². The Kier molecular flexibility index (Phi) is 4.91. The zero-order valence-electron chi connectivity index (χ0n) is 9.44. The van der Waals surface area contributed by atoms with Crippen LogP contribution in [-0.2, 0) is 0 Å². The van der Waals surface area contributed by atoms with Gasteiger partial charge in [0, 0.05) is 6.54 Å². The fourth-order valence-electron chi connectivity index (χ4n) is 1.14. The van der Waals surface area contributed by atoms with Crippen LogP contribution in [0.5, 0.6) is 5.75 Å². The topological polar surface area (TPSA) is 35.2 Å². The van der Waals surface area contributed by atoms with E-state index in [0.29, 0.717) is 12.5 Å². The summed E-state index contributed by atoms with van der Waals surface area (Å²) in [6.45, 7) is 5.61. The maximum absolute atomic E-state index is 5.58. The van der Waals surface area contributed by atoms with Gasteiger partial charge in [-0.05, 0) is 23.6 Å². The summed E-state index contributed by atoms with van der Waals surface area (Å²) < 4.78 is 5.58. The average Bonchev–Trinajstić information content (AvgIpc) is 2.25. The molecule has 0 spiro atoms. The quantitative estimate of drug-likeness (QED) is 0.802. The minimum absolute atomic E-state index is 0.557. The van der Waals surface area contributed by atoms with Crippen LogP contribution in [0.3, 0.4) is 0 Å². The van der Waals surface area contributed by atoms with Gasteiger partial charge in [-0.15, -0.1) is 0 Å². The molecule has 0 amide bonds. The lowest BCUT2D eigenvalue weighted by atomic mass is 10.2. The van der Waals surface area contributed by atoms with Gasteiger partial charge in [0.05, 0.1) is 6.61 Å². The van der Waals surface area contributed by atoms with Gasteiger partial charge in [-0.25, -0.2) is 0 Å². The third-order valence-corrected chi connectivity index (χ3v) is 1.91. The van der Waals surface area contributed by atoms with Crippen LogP contribution in [0.15, 0.2) is 30.3 Å². The van der Waals surface area contributed by atoms with E-state index in [4.69, 9.17) is 10.5 Å². The molecule has 0 saturated carbocycles. The van der Waals surface area contributed by atoms with E-state index in [1.165, 1.54) is 0 Å². The summed E-state index contributed by atoms with van der Waals surface area (Å²) in [6, 6.07) is 8.03. The number of rotatable bonds is 5.